The first-order chi connectivity index (χ1) is 10.5. The molecule has 1 heterocycles. The van der Waals surface area contributed by atoms with Crippen molar-refractivity contribution in [2.45, 2.75) is 11.5 Å². The Balaban J connectivity index is 2.10. The molecule has 0 aliphatic rings. The number of ether oxygens (including phenoxy) is 1. The Morgan fingerprint density at radius 3 is 2.73 bits per heavy atom. The number of benzene rings is 1. The maximum Gasteiger partial charge on any atom is 0.358 e. The van der Waals surface area contributed by atoms with Crippen LogP contribution in [0.3, 0.4) is 0 Å². The minimum Gasteiger partial charge on any atom is -0.464 e. The van der Waals surface area contributed by atoms with Crippen LogP contribution >= 0.6 is 35.0 Å². The standard InChI is InChI=1S/C14H11Cl2FN2O2S/c1-21-14(20)13-11(18-4-5-19-13)7-22-6-8-10(17)3-2-9(15)12(8)16/h2-5H,6-7H2,1H3. The van der Waals surface area contributed by atoms with Crippen LogP contribution < -0.4 is 0 Å². The molecule has 0 fully saturated rings. The van der Waals surface area contributed by atoms with E-state index in [1.165, 1.54) is 43.4 Å². The van der Waals surface area contributed by atoms with E-state index in [0.717, 1.165) is 0 Å². The van der Waals surface area contributed by atoms with Gasteiger partial charge in [0.05, 0.1) is 22.8 Å². The number of thioether (sulfide) groups is 1. The average molecular weight is 361 g/mol. The zero-order chi connectivity index (χ0) is 16.1. The molecule has 0 saturated carbocycles. The van der Waals surface area contributed by atoms with Gasteiger partial charge in [0.15, 0.2) is 5.69 Å². The van der Waals surface area contributed by atoms with Crippen molar-refractivity contribution in [3.8, 4) is 0 Å². The van der Waals surface area contributed by atoms with Crippen LogP contribution in [0.15, 0.2) is 24.5 Å². The average Bonchev–Trinajstić information content (AvgIpc) is 2.54. The molecular formula is C14H11Cl2FN2O2S. The maximum absolute atomic E-state index is 13.8. The van der Waals surface area contributed by atoms with Gasteiger partial charge >= 0.3 is 5.97 Å². The monoisotopic (exact) mass is 360 g/mol. The molecule has 0 spiro atoms. The van der Waals surface area contributed by atoms with E-state index in [0.29, 0.717) is 27.8 Å². The van der Waals surface area contributed by atoms with E-state index in [9.17, 15) is 9.18 Å². The van der Waals surface area contributed by atoms with Crippen LogP contribution in [0.4, 0.5) is 4.39 Å². The number of carbonyl (C=O) groups is 1. The molecule has 2 rings (SSSR count). The second kappa shape index (κ2) is 7.76. The van der Waals surface area contributed by atoms with Crippen LogP contribution in [0.1, 0.15) is 21.7 Å². The predicted molar refractivity (Wildman–Crippen MR) is 84.8 cm³/mol. The number of nitrogens with zero attached hydrogens (tertiary/aromatic N) is 2. The molecular weight excluding hydrogens is 350 g/mol. The molecule has 0 saturated heterocycles. The van der Waals surface area contributed by atoms with E-state index < -0.39 is 11.8 Å². The molecule has 0 bridgehead atoms. The van der Waals surface area contributed by atoms with Gasteiger partial charge in [-0.3, -0.25) is 4.98 Å². The van der Waals surface area contributed by atoms with Crippen molar-refractivity contribution in [1.82, 2.24) is 9.97 Å². The smallest absolute Gasteiger partial charge is 0.358 e. The SMILES string of the molecule is COC(=O)c1nccnc1CSCc1c(F)ccc(Cl)c1Cl. The van der Waals surface area contributed by atoms with Crippen molar-refractivity contribution >= 4 is 40.9 Å². The van der Waals surface area contributed by atoms with Gasteiger partial charge < -0.3 is 4.74 Å². The zero-order valence-electron chi connectivity index (χ0n) is 11.5. The molecule has 0 aliphatic carbocycles. The van der Waals surface area contributed by atoms with Crippen molar-refractivity contribution in [2.75, 3.05) is 7.11 Å². The first kappa shape index (κ1) is 17.0. The summed E-state index contributed by atoms with van der Waals surface area (Å²) in [6, 6.07) is 2.68. The van der Waals surface area contributed by atoms with Crippen LogP contribution in [0.5, 0.6) is 0 Å². The van der Waals surface area contributed by atoms with Gasteiger partial charge in [0, 0.05) is 29.5 Å². The summed E-state index contributed by atoms with van der Waals surface area (Å²) in [4.78, 5) is 19.6. The number of rotatable bonds is 5. The molecule has 0 atom stereocenters. The fourth-order valence-electron chi connectivity index (χ4n) is 1.69. The Hall–Kier alpha value is -1.37. The van der Waals surface area contributed by atoms with Gasteiger partial charge in [-0.15, -0.1) is 0 Å². The maximum atomic E-state index is 13.8. The third-order valence-electron chi connectivity index (χ3n) is 2.78. The molecule has 0 amide bonds. The predicted octanol–water partition coefficient (Wildman–Crippen LogP) is 4.14. The molecule has 8 heteroatoms. The highest BCUT2D eigenvalue weighted by molar-refractivity contribution is 7.97. The van der Waals surface area contributed by atoms with Crippen LogP contribution in [0.2, 0.25) is 10.0 Å². The molecule has 116 valence electrons. The molecule has 1 aromatic heterocycles. The molecule has 4 nitrogen and oxygen atoms in total. The summed E-state index contributed by atoms with van der Waals surface area (Å²) in [6.45, 7) is 0. The van der Waals surface area contributed by atoms with Gasteiger partial charge in [-0.25, -0.2) is 14.2 Å². The highest BCUT2D eigenvalue weighted by atomic mass is 35.5. The molecule has 22 heavy (non-hydrogen) atoms. The summed E-state index contributed by atoms with van der Waals surface area (Å²) in [5, 5.41) is 0.495. The van der Waals surface area contributed by atoms with Gasteiger partial charge in [-0.2, -0.15) is 11.8 Å². The Bertz CT molecular complexity index is 701. The second-order valence-corrected chi connectivity index (χ2v) is 5.93. The van der Waals surface area contributed by atoms with Crippen molar-refractivity contribution in [1.29, 1.82) is 0 Å². The highest BCUT2D eigenvalue weighted by Gasteiger charge is 2.16. The minimum atomic E-state index is -0.560. The van der Waals surface area contributed by atoms with Gasteiger partial charge in [-0.1, -0.05) is 23.2 Å². The fraction of sp³-hybridized carbons (Fsp3) is 0.214. The van der Waals surface area contributed by atoms with Gasteiger partial charge in [0.1, 0.15) is 5.82 Å². The lowest BCUT2D eigenvalue weighted by atomic mass is 10.2. The summed E-state index contributed by atoms with van der Waals surface area (Å²) < 4.78 is 18.4. The summed E-state index contributed by atoms with van der Waals surface area (Å²) in [6.07, 6.45) is 2.89. The summed E-state index contributed by atoms with van der Waals surface area (Å²) in [5.41, 5.74) is 0.941. The number of methoxy groups -OCH3 is 1. The Kier molecular flexibility index (Phi) is 5.99. The number of esters is 1. The molecule has 0 radical (unpaired) electrons. The molecule has 0 unspecified atom stereocenters. The minimum absolute atomic E-state index is 0.148. The van der Waals surface area contributed by atoms with Crippen LogP contribution in [-0.4, -0.2) is 23.0 Å². The molecule has 2 aromatic rings. The summed E-state index contributed by atoms with van der Waals surface area (Å²) in [7, 11) is 1.27. The molecule has 0 N–H and O–H groups in total. The van der Waals surface area contributed by atoms with Crippen molar-refractivity contribution in [2.24, 2.45) is 0 Å². The number of halogens is 3. The molecule has 0 aliphatic heterocycles. The van der Waals surface area contributed by atoms with E-state index in [2.05, 4.69) is 14.7 Å². The van der Waals surface area contributed by atoms with Crippen molar-refractivity contribution < 1.29 is 13.9 Å². The van der Waals surface area contributed by atoms with E-state index >= 15 is 0 Å². The first-order valence-corrected chi connectivity index (χ1v) is 8.04. The summed E-state index contributed by atoms with van der Waals surface area (Å²) in [5.74, 6) is -0.326. The lowest BCUT2D eigenvalue weighted by molar-refractivity contribution is 0.0592. The number of hydrogen-bond donors (Lipinski definition) is 0. The lowest BCUT2D eigenvalue weighted by Gasteiger charge is -2.08. The van der Waals surface area contributed by atoms with Crippen LogP contribution in [0.25, 0.3) is 0 Å². The Labute approximate surface area is 141 Å². The highest BCUT2D eigenvalue weighted by Crippen LogP contribution is 2.31. The Morgan fingerprint density at radius 1 is 1.27 bits per heavy atom. The largest absolute Gasteiger partial charge is 0.464 e. The second-order valence-electron chi connectivity index (χ2n) is 4.16. The number of carbonyl (C=O) groups excluding carboxylic acids is 1. The van der Waals surface area contributed by atoms with Crippen molar-refractivity contribution in [3.63, 3.8) is 0 Å². The first-order valence-electron chi connectivity index (χ1n) is 6.13. The van der Waals surface area contributed by atoms with Crippen molar-refractivity contribution in [3.05, 3.63) is 57.3 Å². The molecule has 1 aromatic carbocycles. The quantitative estimate of drug-likeness (QED) is 0.592. The topological polar surface area (TPSA) is 52.1 Å². The normalized spacial score (nSPS) is 10.5. The number of hydrogen-bond acceptors (Lipinski definition) is 5. The van der Waals surface area contributed by atoms with Gasteiger partial charge in [0.25, 0.3) is 0 Å². The van der Waals surface area contributed by atoms with Crippen LogP contribution in [-0.2, 0) is 16.2 Å². The number of aromatic nitrogens is 2. The van der Waals surface area contributed by atoms with Gasteiger partial charge in [-0.05, 0) is 12.1 Å². The lowest BCUT2D eigenvalue weighted by Crippen LogP contribution is -2.09. The third kappa shape index (κ3) is 3.88. The van der Waals surface area contributed by atoms with E-state index in [1.54, 1.807) is 0 Å². The fourth-order valence-corrected chi connectivity index (χ4v) is 3.16. The zero-order valence-corrected chi connectivity index (χ0v) is 13.8. The van der Waals surface area contributed by atoms with Crippen LogP contribution in [0, 0.1) is 5.82 Å². The third-order valence-corrected chi connectivity index (χ3v) is 4.59. The van der Waals surface area contributed by atoms with Gasteiger partial charge in [0.2, 0.25) is 0 Å². The van der Waals surface area contributed by atoms with E-state index in [-0.39, 0.29) is 10.7 Å². The van der Waals surface area contributed by atoms with E-state index in [4.69, 9.17) is 23.2 Å². The van der Waals surface area contributed by atoms with E-state index in [1.807, 2.05) is 0 Å². The summed E-state index contributed by atoms with van der Waals surface area (Å²) >= 11 is 13.2. The Morgan fingerprint density at radius 2 is 2.00 bits per heavy atom.